The number of carbonyl (C=O) groups excluding carboxylic acids is 1. The zero-order valence-corrected chi connectivity index (χ0v) is 13.3. The van der Waals surface area contributed by atoms with Gasteiger partial charge < -0.3 is 19.9 Å². The molecule has 0 aliphatic rings. The van der Waals surface area contributed by atoms with E-state index >= 15 is 0 Å². The van der Waals surface area contributed by atoms with E-state index < -0.39 is 0 Å². The number of ether oxygens (including phenoxy) is 1. The number of nitrogens with zero attached hydrogens (tertiary/aromatic N) is 1. The molecule has 1 aromatic carbocycles. The molecular weight excluding hydrogens is 282 g/mol. The van der Waals surface area contributed by atoms with Crippen LogP contribution in [0.2, 0.25) is 0 Å². The van der Waals surface area contributed by atoms with Gasteiger partial charge in [-0.2, -0.15) is 0 Å². The largest absolute Gasteiger partial charge is 0.489 e. The molecule has 0 unspecified atom stereocenters. The van der Waals surface area contributed by atoms with E-state index in [0.29, 0.717) is 23.7 Å². The lowest BCUT2D eigenvalue weighted by Gasteiger charge is -2.16. The molecule has 0 spiro atoms. The topological polar surface area (TPSA) is 76.4 Å². The summed E-state index contributed by atoms with van der Waals surface area (Å²) in [7, 11) is 0. The Hall–Kier alpha value is -2.50. The van der Waals surface area contributed by atoms with Gasteiger partial charge in [0.2, 0.25) is 0 Å². The van der Waals surface area contributed by atoms with E-state index in [0.717, 1.165) is 5.75 Å². The normalized spacial score (nSPS) is 11.8. The maximum absolute atomic E-state index is 11.9. The minimum atomic E-state index is -0.311. The number of aromatic nitrogens is 1. The lowest BCUT2D eigenvalue weighted by molar-refractivity contribution is 0.212. The fourth-order valence-electron chi connectivity index (χ4n) is 1.95. The van der Waals surface area contributed by atoms with Gasteiger partial charge in [-0.05, 0) is 39.8 Å². The van der Waals surface area contributed by atoms with E-state index in [1.54, 1.807) is 13.8 Å². The van der Waals surface area contributed by atoms with Gasteiger partial charge >= 0.3 is 6.03 Å². The average Bonchev–Trinajstić information content (AvgIpc) is 2.79. The van der Waals surface area contributed by atoms with Gasteiger partial charge in [-0.15, -0.1) is 0 Å². The molecule has 0 radical (unpaired) electrons. The van der Waals surface area contributed by atoms with Crippen LogP contribution in [0.4, 0.5) is 10.5 Å². The number of nitrogens with one attached hydrogen (secondary N) is 2. The summed E-state index contributed by atoms with van der Waals surface area (Å²) in [5.74, 6) is 1.36. The maximum Gasteiger partial charge on any atom is 0.319 e. The molecular formula is C16H21N3O3. The molecule has 6 heteroatoms. The van der Waals surface area contributed by atoms with E-state index in [2.05, 4.69) is 15.8 Å². The van der Waals surface area contributed by atoms with Gasteiger partial charge in [-0.25, -0.2) is 4.79 Å². The minimum absolute atomic E-state index is 0.141. The highest BCUT2D eigenvalue weighted by molar-refractivity contribution is 5.90. The van der Waals surface area contributed by atoms with E-state index in [-0.39, 0.29) is 12.1 Å². The highest BCUT2D eigenvalue weighted by Gasteiger charge is 2.13. The number of aryl methyl sites for hydroxylation is 3. The molecule has 1 aromatic heterocycles. The fraction of sp³-hybridized carbons (Fsp3) is 0.375. The summed E-state index contributed by atoms with van der Waals surface area (Å²) in [5, 5.41) is 9.27. The van der Waals surface area contributed by atoms with Crippen molar-refractivity contribution in [2.24, 2.45) is 0 Å². The van der Waals surface area contributed by atoms with Crippen LogP contribution in [0.1, 0.15) is 23.9 Å². The molecule has 22 heavy (non-hydrogen) atoms. The predicted octanol–water partition coefficient (Wildman–Crippen LogP) is 3.19. The molecule has 2 N–H and O–H groups in total. The van der Waals surface area contributed by atoms with Crippen LogP contribution in [0.25, 0.3) is 0 Å². The summed E-state index contributed by atoms with van der Waals surface area (Å²) in [6.07, 6.45) is -0.141. The number of benzene rings is 1. The standard InChI is InChI=1S/C16H21N3O3/c1-10-5-7-14(8-6-10)21-11(2)9-17-16(20)18-15-12(3)19-22-13(15)4/h5-8,11H,9H2,1-4H3,(H2,17,18,20)/t11-/m1/s1. The Balaban J connectivity index is 1.79. The zero-order chi connectivity index (χ0) is 16.1. The van der Waals surface area contributed by atoms with E-state index in [9.17, 15) is 4.79 Å². The summed E-state index contributed by atoms with van der Waals surface area (Å²) in [4.78, 5) is 11.9. The Bertz CT molecular complexity index is 615. The molecule has 2 amide bonds. The third kappa shape index (κ3) is 4.25. The molecule has 6 nitrogen and oxygen atoms in total. The van der Waals surface area contributed by atoms with Crippen LogP contribution in [0, 0.1) is 20.8 Å². The van der Waals surface area contributed by atoms with Gasteiger partial charge in [0, 0.05) is 0 Å². The number of rotatable bonds is 5. The predicted molar refractivity (Wildman–Crippen MR) is 84.3 cm³/mol. The van der Waals surface area contributed by atoms with Crippen molar-refractivity contribution in [1.29, 1.82) is 0 Å². The highest BCUT2D eigenvalue weighted by Crippen LogP contribution is 2.18. The SMILES string of the molecule is Cc1ccc(O[C@H](C)CNC(=O)Nc2c(C)noc2C)cc1. The van der Waals surface area contributed by atoms with Crippen molar-refractivity contribution >= 4 is 11.7 Å². The van der Waals surface area contributed by atoms with Crippen LogP contribution in [-0.2, 0) is 0 Å². The third-order valence-electron chi connectivity index (χ3n) is 3.18. The molecule has 118 valence electrons. The number of hydrogen-bond donors (Lipinski definition) is 2. The maximum atomic E-state index is 11.9. The molecule has 0 saturated heterocycles. The summed E-state index contributed by atoms with van der Waals surface area (Å²) < 4.78 is 10.7. The minimum Gasteiger partial charge on any atom is -0.489 e. The van der Waals surface area contributed by atoms with Crippen molar-refractivity contribution in [3.8, 4) is 5.75 Å². The molecule has 0 fully saturated rings. The van der Waals surface area contributed by atoms with Crippen LogP contribution in [-0.4, -0.2) is 23.8 Å². The Morgan fingerprint density at radius 2 is 1.95 bits per heavy atom. The number of anilines is 1. The first-order valence-corrected chi connectivity index (χ1v) is 7.16. The second-order valence-electron chi connectivity index (χ2n) is 5.28. The van der Waals surface area contributed by atoms with Crippen molar-refractivity contribution < 1.29 is 14.1 Å². The second-order valence-corrected chi connectivity index (χ2v) is 5.28. The molecule has 0 saturated carbocycles. The second kappa shape index (κ2) is 6.98. The molecule has 2 rings (SSSR count). The van der Waals surface area contributed by atoms with Crippen LogP contribution in [0.3, 0.4) is 0 Å². The monoisotopic (exact) mass is 303 g/mol. The van der Waals surface area contributed by atoms with Crippen molar-refractivity contribution in [2.45, 2.75) is 33.8 Å². The quantitative estimate of drug-likeness (QED) is 0.889. The first-order chi connectivity index (χ1) is 10.5. The van der Waals surface area contributed by atoms with Crippen LogP contribution >= 0.6 is 0 Å². The van der Waals surface area contributed by atoms with Gasteiger partial charge in [0.25, 0.3) is 0 Å². The first-order valence-electron chi connectivity index (χ1n) is 7.16. The summed E-state index contributed by atoms with van der Waals surface area (Å²) >= 11 is 0. The summed E-state index contributed by atoms with van der Waals surface area (Å²) in [6, 6.07) is 7.49. The van der Waals surface area contributed by atoms with Crippen LogP contribution in [0.15, 0.2) is 28.8 Å². The molecule has 0 bridgehead atoms. The van der Waals surface area contributed by atoms with Crippen LogP contribution < -0.4 is 15.4 Å². The van der Waals surface area contributed by atoms with Crippen molar-refractivity contribution in [1.82, 2.24) is 10.5 Å². The lowest BCUT2D eigenvalue weighted by Crippen LogP contribution is -2.36. The van der Waals surface area contributed by atoms with Crippen LogP contribution in [0.5, 0.6) is 5.75 Å². The fourth-order valence-corrected chi connectivity index (χ4v) is 1.95. The average molecular weight is 303 g/mol. The van der Waals surface area contributed by atoms with Crippen molar-refractivity contribution in [2.75, 3.05) is 11.9 Å². The molecule has 0 aliphatic carbocycles. The first kappa shape index (κ1) is 15.9. The summed E-state index contributed by atoms with van der Waals surface area (Å²) in [5.41, 5.74) is 2.43. The van der Waals surface area contributed by atoms with Crippen molar-refractivity contribution in [3.63, 3.8) is 0 Å². The molecule has 0 aliphatic heterocycles. The lowest BCUT2D eigenvalue weighted by atomic mass is 10.2. The number of carbonyl (C=O) groups is 1. The van der Waals surface area contributed by atoms with Gasteiger partial charge in [0.15, 0.2) is 5.76 Å². The Morgan fingerprint density at radius 3 is 2.55 bits per heavy atom. The van der Waals surface area contributed by atoms with Crippen molar-refractivity contribution in [3.05, 3.63) is 41.3 Å². The van der Waals surface area contributed by atoms with E-state index in [1.165, 1.54) is 5.56 Å². The third-order valence-corrected chi connectivity index (χ3v) is 3.18. The Kier molecular flexibility index (Phi) is 5.04. The Labute approximate surface area is 129 Å². The Morgan fingerprint density at radius 1 is 1.27 bits per heavy atom. The van der Waals surface area contributed by atoms with E-state index in [1.807, 2.05) is 38.1 Å². The summed E-state index contributed by atoms with van der Waals surface area (Å²) in [6.45, 7) is 7.83. The number of hydrogen-bond acceptors (Lipinski definition) is 4. The highest BCUT2D eigenvalue weighted by atomic mass is 16.5. The smallest absolute Gasteiger partial charge is 0.319 e. The molecule has 2 aromatic rings. The van der Waals surface area contributed by atoms with E-state index in [4.69, 9.17) is 9.26 Å². The van der Waals surface area contributed by atoms with Gasteiger partial charge in [0.1, 0.15) is 23.2 Å². The van der Waals surface area contributed by atoms with Gasteiger partial charge in [-0.3, -0.25) is 0 Å². The number of urea groups is 1. The number of amides is 2. The van der Waals surface area contributed by atoms with Gasteiger partial charge in [0.05, 0.1) is 6.54 Å². The molecule has 1 atom stereocenters. The zero-order valence-electron chi connectivity index (χ0n) is 13.3. The van der Waals surface area contributed by atoms with Gasteiger partial charge in [-0.1, -0.05) is 22.9 Å². The molecule has 1 heterocycles.